The average Bonchev–Trinajstić information content (AvgIpc) is 2.67. The summed E-state index contributed by atoms with van der Waals surface area (Å²) in [7, 11) is 2.78. The number of nitrogens with zero attached hydrogens (tertiary/aromatic N) is 1. The Kier molecular flexibility index (Phi) is 6.87. The Hall–Kier alpha value is -3.42. The molecule has 8 nitrogen and oxygen atoms in total. The van der Waals surface area contributed by atoms with E-state index in [-0.39, 0.29) is 18.5 Å². The van der Waals surface area contributed by atoms with Crippen molar-refractivity contribution in [1.29, 1.82) is 0 Å². The number of rotatable bonds is 8. The predicted octanol–water partition coefficient (Wildman–Crippen LogP) is 2.05. The molecule has 0 aliphatic heterocycles. The van der Waals surface area contributed by atoms with Crippen molar-refractivity contribution >= 4 is 17.6 Å². The van der Waals surface area contributed by atoms with Crippen molar-refractivity contribution in [2.45, 2.75) is 18.9 Å². The highest BCUT2D eigenvalue weighted by Gasteiger charge is 2.22. The second kappa shape index (κ2) is 9.33. The Balaban J connectivity index is 2.08. The van der Waals surface area contributed by atoms with Crippen LogP contribution < -0.4 is 10.1 Å². The van der Waals surface area contributed by atoms with E-state index >= 15 is 0 Å². The summed E-state index contributed by atoms with van der Waals surface area (Å²) in [5.74, 6) is -0.377. The summed E-state index contributed by atoms with van der Waals surface area (Å²) in [6, 6.07) is 12.1. The van der Waals surface area contributed by atoms with E-state index in [0.29, 0.717) is 11.3 Å². The topological polar surface area (TPSA) is 108 Å². The molecule has 0 radical (unpaired) electrons. The minimum atomic E-state index is -0.881. The minimum absolute atomic E-state index is 0.0900. The molecule has 0 bridgehead atoms. The number of nitrogens with one attached hydrogen (secondary N) is 1. The van der Waals surface area contributed by atoms with Crippen LogP contribution >= 0.6 is 0 Å². The van der Waals surface area contributed by atoms with Crippen LogP contribution in [0.15, 0.2) is 48.5 Å². The summed E-state index contributed by atoms with van der Waals surface area (Å²) < 4.78 is 9.92. The largest absolute Gasteiger partial charge is 0.497 e. The number of benzene rings is 2. The van der Waals surface area contributed by atoms with Crippen molar-refractivity contribution in [2.24, 2.45) is 0 Å². The van der Waals surface area contributed by atoms with Crippen LogP contribution in [-0.2, 0) is 27.2 Å². The molecular formula is C19H20N2O6. The fourth-order valence-electron chi connectivity index (χ4n) is 2.58. The number of hydrogen-bond acceptors (Lipinski definition) is 6. The van der Waals surface area contributed by atoms with E-state index < -0.39 is 22.8 Å². The fourth-order valence-corrected chi connectivity index (χ4v) is 2.58. The maximum atomic E-state index is 12.3. The van der Waals surface area contributed by atoms with Crippen molar-refractivity contribution in [2.75, 3.05) is 14.2 Å². The molecule has 2 aromatic rings. The van der Waals surface area contributed by atoms with Gasteiger partial charge in [0.25, 0.3) is 5.69 Å². The van der Waals surface area contributed by atoms with E-state index in [4.69, 9.17) is 9.47 Å². The maximum absolute atomic E-state index is 12.3. The second-order valence-corrected chi connectivity index (χ2v) is 5.80. The third-order valence-corrected chi connectivity index (χ3v) is 3.88. The summed E-state index contributed by atoms with van der Waals surface area (Å²) in [6.45, 7) is 0. The van der Waals surface area contributed by atoms with Gasteiger partial charge in [0, 0.05) is 18.6 Å². The number of methoxy groups -OCH3 is 2. The van der Waals surface area contributed by atoms with Gasteiger partial charge in [-0.15, -0.1) is 0 Å². The zero-order valence-electron chi connectivity index (χ0n) is 15.0. The number of ether oxygens (including phenoxy) is 2. The fraction of sp³-hybridized carbons (Fsp3) is 0.263. The molecule has 2 aromatic carbocycles. The Labute approximate surface area is 156 Å². The molecule has 0 fully saturated rings. The van der Waals surface area contributed by atoms with Crippen molar-refractivity contribution in [3.63, 3.8) is 0 Å². The molecule has 27 heavy (non-hydrogen) atoms. The van der Waals surface area contributed by atoms with Gasteiger partial charge in [-0.05, 0) is 23.3 Å². The molecule has 2 rings (SSSR count). The lowest BCUT2D eigenvalue weighted by Crippen LogP contribution is -2.43. The van der Waals surface area contributed by atoms with Crippen LogP contribution in [0.25, 0.3) is 0 Å². The zero-order valence-corrected chi connectivity index (χ0v) is 15.0. The number of nitro benzene ring substituents is 1. The number of non-ortho nitro benzene ring substituents is 1. The monoisotopic (exact) mass is 372 g/mol. The molecule has 0 heterocycles. The molecule has 0 spiro atoms. The summed E-state index contributed by atoms with van der Waals surface area (Å²) in [5.41, 5.74) is 1.17. The summed E-state index contributed by atoms with van der Waals surface area (Å²) in [6.07, 6.45) is 0.137. The van der Waals surface area contributed by atoms with Gasteiger partial charge in [-0.3, -0.25) is 14.9 Å². The molecule has 0 saturated heterocycles. The highest BCUT2D eigenvalue weighted by Crippen LogP contribution is 2.16. The number of hydrogen-bond donors (Lipinski definition) is 1. The van der Waals surface area contributed by atoms with Gasteiger partial charge >= 0.3 is 5.97 Å². The number of esters is 1. The highest BCUT2D eigenvalue weighted by molar-refractivity contribution is 5.85. The molecule has 0 aliphatic rings. The van der Waals surface area contributed by atoms with E-state index in [1.807, 2.05) is 6.07 Å². The first-order valence-corrected chi connectivity index (χ1v) is 8.16. The Bertz CT molecular complexity index is 836. The molecule has 1 N–H and O–H groups in total. The smallest absolute Gasteiger partial charge is 0.328 e. The minimum Gasteiger partial charge on any atom is -0.497 e. The van der Waals surface area contributed by atoms with Crippen molar-refractivity contribution in [3.8, 4) is 5.75 Å². The van der Waals surface area contributed by atoms with E-state index in [2.05, 4.69) is 5.32 Å². The summed E-state index contributed by atoms with van der Waals surface area (Å²) >= 11 is 0. The van der Waals surface area contributed by atoms with Gasteiger partial charge in [0.1, 0.15) is 11.8 Å². The normalized spacial score (nSPS) is 11.3. The van der Waals surface area contributed by atoms with Gasteiger partial charge in [0.2, 0.25) is 5.91 Å². The van der Waals surface area contributed by atoms with Gasteiger partial charge in [-0.2, -0.15) is 0 Å². The molecular weight excluding hydrogens is 352 g/mol. The first-order chi connectivity index (χ1) is 12.9. The zero-order chi connectivity index (χ0) is 19.8. The SMILES string of the molecule is COC(=O)[C@@H](Cc1cccc(OC)c1)NC(=O)Cc1cccc([N+](=O)[O-])c1. The Morgan fingerprint density at radius 2 is 1.81 bits per heavy atom. The van der Waals surface area contributed by atoms with Crippen LogP contribution in [0.4, 0.5) is 5.69 Å². The predicted molar refractivity (Wildman–Crippen MR) is 97.4 cm³/mol. The molecule has 1 amide bonds. The van der Waals surface area contributed by atoms with E-state index in [9.17, 15) is 19.7 Å². The summed E-state index contributed by atoms with van der Waals surface area (Å²) in [5, 5.41) is 13.5. The third kappa shape index (κ3) is 5.81. The Morgan fingerprint density at radius 1 is 1.11 bits per heavy atom. The van der Waals surface area contributed by atoms with Crippen LogP contribution in [0.2, 0.25) is 0 Å². The van der Waals surface area contributed by atoms with Gasteiger partial charge in [-0.25, -0.2) is 4.79 Å². The lowest BCUT2D eigenvalue weighted by molar-refractivity contribution is -0.384. The summed E-state index contributed by atoms with van der Waals surface area (Å²) in [4.78, 5) is 34.7. The van der Waals surface area contributed by atoms with Crippen molar-refractivity contribution in [3.05, 3.63) is 69.8 Å². The maximum Gasteiger partial charge on any atom is 0.328 e. The number of carbonyl (C=O) groups is 2. The van der Waals surface area contributed by atoms with E-state index in [1.165, 1.54) is 32.4 Å². The van der Waals surface area contributed by atoms with Gasteiger partial charge in [-0.1, -0.05) is 24.3 Å². The first kappa shape index (κ1) is 19.9. The van der Waals surface area contributed by atoms with Crippen LogP contribution in [0.1, 0.15) is 11.1 Å². The van der Waals surface area contributed by atoms with Crippen LogP contribution in [0.5, 0.6) is 5.75 Å². The van der Waals surface area contributed by atoms with Crippen LogP contribution in [0.3, 0.4) is 0 Å². The molecule has 0 aromatic heterocycles. The van der Waals surface area contributed by atoms with E-state index in [0.717, 1.165) is 5.56 Å². The van der Waals surface area contributed by atoms with Crippen molar-refractivity contribution < 1.29 is 24.0 Å². The Morgan fingerprint density at radius 3 is 2.48 bits per heavy atom. The molecule has 0 aliphatic carbocycles. The number of amides is 1. The lowest BCUT2D eigenvalue weighted by atomic mass is 10.0. The highest BCUT2D eigenvalue weighted by atomic mass is 16.6. The molecule has 0 unspecified atom stereocenters. The van der Waals surface area contributed by atoms with Gasteiger partial charge < -0.3 is 14.8 Å². The quantitative estimate of drug-likeness (QED) is 0.432. The van der Waals surface area contributed by atoms with Crippen LogP contribution in [0, 0.1) is 10.1 Å². The number of carbonyl (C=O) groups excluding carboxylic acids is 2. The van der Waals surface area contributed by atoms with E-state index in [1.54, 1.807) is 24.3 Å². The molecule has 8 heteroatoms. The second-order valence-electron chi connectivity index (χ2n) is 5.80. The third-order valence-electron chi connectivity index (χ3n) is 3.88. The molecule has 0 saturated carbocycles. The number of nitro groups is 1. The van der Waals surface area contributed by atoms with Gasteiger partial charge in [0.15, 0.2) is 0 Å². The average molecular weight is 372 g/mol. The van der Waals surface area contributed by atoms with Crippen LogP contribution in [-0.4, -0.2) is 37.1 Å². The lowest BCUT2D eigenvalue weighted by Gasteiger charge is -2.17. The standard InChI is InChI=1S/C19H20N2O6/c1-26-16-8-4-6-14(10-16)11-17(19(23)27-2)20-18(22)12-13-5-3-7-15(9-13)21(24)25/h3-10,17H,11-12H2,1-2H3,(H,20,22)/t17-/m1/s1. The first-order valence-electron chi connectivity index (χ1n) is 8.16. The van der Waals surface area contributed by atoms with Gasteiger partial charge in [0.05, 0.1) is 25.6 Å². The molecule has 142 valence electrons. The van der Waals surface area contributed by atoms with Crippen molar-refractivity contribution in [1.82, 2.24) is 5.32 Å². The molecule has 1 atom stereocenters.